The molecule has 1 aromatic heterocycles. The van der Waals surface area contributed by atoms with Gasteiger partial charge in [0.2, 0.25) is 0 Å². The van der Waals surface area contributed by atoms with E-state index in [1.165, 1.54) is 11.1 Å². The van der Waals surface area contributed by atoms with Crippen LogP contribution in [0.4, 0.5) is 0 Å². The molecule has 1 atom stereocenters. The van der Waals surface area contributed by atoms with Gasteiger partial charge in [-0.2, -0.15) is 0 Å². The zero-order chi connectivity index (χ0) is 11.8. The van der Waals surface area contributed by atoms with E-state index in [-0.39, 0.29) is 5.41 Å². The van der Waals surface area contributed by atoms with Crippen molar-refractivity contribution in [3.8, 4) is 0 Å². The van der Waals surface area contributed by atoms with Crippen LogP contribution in [0, 0.1) is 5.41 Å². The summed E-state index contributed by atoms with van der Waals surface area (Å²) < 4.78 is 5.70. The molecule has 0 saturated heterocycles. The second-order valence-electron chi connectivity index (χ2n) is 5.60. The van der Waals surface area contributed by atoms with Crippen molar-refractivity contribution in [1.82, 2.24) is 0 Å². The van der Waals surface area contributed by atoms with Crippen LogP contribution in [-0.2, 0) is 0 Å². The lowest BCUT2D eigenvalue weighted by Gasteiger charge is -2.24. The van der Waals surface area contributed by atoms with Crippen LogP contribution >= 0.6 is 0 Å². The molecule has 1 aliphatic rings. The summed E-state index contributed by atoms with van der Waals surface area (Å²) in [5.74, 6) is 1.61. The molecule has 0 radical (unpaired) electrons. The summed E-state index contributed by atoms with van der Waals surface area (Å²) in [5, 5.41) is 0. The Bertz CT molecular complexity index is 427. The van der Waals surface area contributed by atoms with Gasteiger partial charge in [0.05, 0.1) is 6.26 Å². The van der Waals surface area contributed by atoms with Crippen LogP contribution in [0.1, 0.15) is 51.4 Å². The van der Waals surface area contributed by atoms with E-state index in [0.717, 1.165) is 12.2 Å². The maximum atomic E-state index is 5.70. The topological polar surface area (TPSA) is 13.1 Å². The molecule has 0 bridgehead atoms. The van der Waals surface area contributed by atoms with Gasteiger partial charge in [-0.25, -0.2) is 0 Å². The van der Waals surface area contributed by atoms with Gasteiger partial charge < -0.3 is 4.42 Å². The average molecular weight is 216 g/mol. The molecule has 1 aliphatic carbocycles. The van der Waals surface area contributed by atoms with E-state index >= 15 is 0 Å². The molecule has 0 aliphatic heterocycles. The smallest absolute Gasteiger partial charge is 0.133 e. The average Bonchev–Trinajstić information content (AvgIpc) is 2.60. The Hall–Kier alpha value is -1.24. The molecule has 1 unspecified atom stereocenters. The molecule has 86 valence electrons. The summed E-state index contributed by atoms with van der Waals surface area (Å²) in [6.07, 6.45) is 9.48. The molecular weight excluding hydrogens is 196 g/mol. The highest BCUT2D eigenvalue weighted by molar-refractivity contribution is 5.70. The second-order valence-corrected chi connectivity index (χ2v) is 5.60. The van der Waals surface area contributed by atoms with Gasteiger partial charge in [-0.05, 0) is 23.8 Å². The maximum absolute atomic E-state index is 5.70. The van der Waals surface area contributed by atoms with Crippen molar-refractivity contribution < 1.29 is 4.42 Å². The van der Waals surface area contributed by atoms with Gasteiger partial charge in [0.25, 0.3) is 0 Å². The Morgan fingerprint density at radius 2 is 2.06 bits per heavy atom. The van der Waals surface area contributed by atoms with Crippen LogP contribution in [0.3, 0.4) is 0 Å². The van der Waals surface area contributed by atoms with Gasteiger partial charge in [-0.1, -0.05) is 45.9 Å². The molecule has 1 heteroatoms. The van der Waals surface area contributed by atoms with E-state index in [1.807, 2.05) is 6.26 Å². The zero-order valence-corrected chi connectivity index (χ0v) is 10.6. The lowest BCUT2D eigenvalue weighted by Crippen LogP contribution is -2.10. The molecular formula is C15H20O. The Morgan fingerprint density at radius 1 is 1.31 bits per heavy atom. The molecule has 1 heterocycles. The number of rotatable bonds is 0. The zero-order valence-electron chi connectivity index (χ0n) is 10.6. The fraction of sp³-hybridized carbons (Fsp3) is 0.467. The van der Waals surface area contributed by atoms with Crippen molar-refractivity contribution in [2.24, 2.45) is 5.41 Å². The summed E-state index contributed by atoms with van der Waals surface area (Å²) in [7, 11) is 0. The van der Waals surface area contributed by atoms with Crippen LogP contribution in [0.2, 0.25) is 0 Å². The number of allylic oxidation sites excluding steroid dienone is 4. The van der Waals surface area contributed by atoms with E-state index in [2.05, 4.69) is 52.0 Å². The van der Waals surface area contributed by atoms with E-state index in [0.29, 0.717) is 5.92 Å². The Balaban J connectivity index is 2.56. The first kappa shape index (κ1) is 11.3. The first-order chi connectivity index (χ1) is 7.50. The molecule has 0 saturated carbocycles. The van der Waals surface area contributed by atoms with Crippen LogP contribution in [0.5, 0.6) is 0 Å². The summed E-state index contributed by atoms with van der Waals surface area (Å²) >= 11 is 0. The fourth-order valence-electron chi connectivity index (χ4n) is 2.17. The van der Waals surface area contributed by atoms with Gasteiger partial charge in [-0.3, -0.25) is 0 Å². The predicted molar refractivity (Wildman–Crippen MR) is 68.3 cm³/mol. The van der Waals surface area contributed by atoms with Gasteiger partial charge in [0, 0.05) is 11.1 Å². The normalized spacial score (nSPS) is 26.2. The Labute approximate surface area is 97.9 Å². The number of fused-ring (bicyclic) bond motifs is 1. The molecule has 0 spiro atoms. The van der Waals surface area contributed by atoms with Crippen molar-refractivity contribution in [2.45, 2.75) is 40.0 Å². The highest BCUT2D eigenvalue weighted by Gasteiger charge is 2.25. The minimum atomic E-state index is 0.119. The monoisotopic (exact) mass is 216 g/mol. The van der Waals surface area contributed by atoms with E-state index < -0.39 is 0 Å². The minimum absolute atomic E-state index is 0.119. The Kier molecular flexibility index (Phi) is 2.79. The van der Waals surface area contributed by atoms with Crippen molar-refractivity contribution in [3.05, 3.63) is 41.9 Å². The third-order valence-electron chi connectivity index (χ3n) is 3.17. The quantitative estimate of drug-likeness (QED) is 0.608. The molecule has 1 nitrogen and oxygen atoms in total. The van der Waals surface area contributed by atoms with Crippen molar-refractivity contribution in [1.29, 1.82) is 0 Å². The first-order valence-corrected chi connectivity index (χ1v) is 5.95. The molecule has 0 amide bonds. The highest BCUT2D eigenvalue weighted by Crippen LogP contribution is 2.40. The predicted octanol–water partition coefficient (Wildman–Crippen LogP) is 4.77. The number of hydrogen-bond acceptors (Lipinski definition) is 1. The standard InChI is InChI=1S/C15H20O/c1-11-7-5-6-8-13(15(2,3)4)14-12(11)9-10-16-14/h5-6,8-11H,7H2,1-4H3/b6-5-,13-8+. The SMILES string of the molecule is CC1C/C=C\C=C(\C(C)(C)C)c2occc21. The maximum Gasteiger partial charge on any atom is 0.133 e. The van der Waals surface area contributed by atoms with E-state index in [9.17, 15) is 0 Å². The third kappa shape index (κ3) is 1.99. The summed E-state index contributed by atoms with van der Waals surface area (Å²) in [4.78, 5) is 0. The third-order valence-corrected chi connectivity index (χ3v) is 3.17. The van der Waals surface area contributed by atoms with Crippen LogP contribution < -0.4 is 0 Å². The summed E-state index contributed by atoms with van der Waals surface area (Å²) in [5.41, 5.74) is 2.74. The lowest BCUT2D eigenvalue weighted by molar-refractivity contribution is 0.498. The summed E-state index contributed by atoms with van der Waals surface area (Å²) in [6.45, 7) is 8.94. The van der Waals surface area contributed by atoms with Crippen molar-refractivity contribution in [2.75, 3.05) is 0 Å². The molecule has 16 heavy (non-hydrogen) atoms. The van der Waals surface area contributed by atoms with Crippen molar-refractivity contribution >= 4 is 5.57 Å². The second kappa shape index (κ2) is 3.97. The van der Waals surface area contributed by atoms with Crippen LogP contribution in [0.25, 0.3) is 5.57 Å². The van der Waals surface area contributed by atoms with Crippen LogP contribution in [-0.4, -0.2) is 0 Å². The molecule has 1 aromatic rings. The van der Waals surface area contributed by atoms with Crippen molar-refractivity contribution in [3.63, 3.8) is 0 Å². The van der Waals surface area contributed by atoms with Gasteiger partial charge in [0.1, 0.15) is 5.76 Å². The number of hydrogen-bond donors (Lipinski definition) is 0. The van der Waals surface area contributed by atoms with Gasteiger partial charge in [0.15, 0.2) is 0 Å². The molecule has 0 fully saturated rings. The van der Waals surface area contributed by atoms with E-state index in [1.54, 1.807) is 0 Å². The number of furan rings is 1. The molecule has 2 rings (SSSR count). The summed E-state index contributed by atoms with van der Waals surface area (Å²) in [6, 6.07) is 2.11. The minimum Gasteiger partial charge on any atom is -0.464 e. The van der Waals surface area contributed by atoms with Gasteiger partial charge in [-0.15, -0.1) is 0 Å². The van der Waals surface area contributed by atoms with Crippen LogP contribution in [0.15, 0.2) is 35.0 Å². The fourth-order valence-corrected chi connectivity index (χ4v) is 2.17. The van der Waals surface area contributed by atoms with Gasteiger partial charge >= 0.3 is 0 Å². The first-order valence-electron chi connectivity index (χ1n) is 5.95. The van der Waals surface area contributed by atoms with E-state index in [4.69, 9.17) is 4.42 Å². The lowest BCUT2D eigenvalue weighted by atomic mass is 9.81. The molecule has 0 aromatic carbocycles. The largest absolute Gasteiger partial charge is 0.464 e. The molecule has 0 N–H and O–H groups in total. The highest BCUT2D eigenvalue weighted by atomic mass is 16.3. The Morgan fingerprint density at radius 3 is 2.75 bits per heavy atom.